The average molecular weight is 238 g/mol. The van der Waals surface area contributed by atoms with Crippen molar-refractivity contribution in [2.24, 2.45) is 0 Å². The first-order chi connectivity index (χ1) is 8.84. The Morgan fingerprint density at radius 1 is 1.06 bits per heavy atom. The smallest absolute Gasteiger partial charge is 0.125 e. The third-order valence-electron chi connectivity index (χ3n) is 2.67. The molecule has 0 unspecified atom stereocenters. The lowest BCUT2D eigenvalue weighted by Crippen LogP contribution is -1.85. The first-order valence-corrected chi connectivity index (χ1v) is 5.43. The highest BCUT2D eigenvalue weighted by Crippen LogP contribution is 2.31. The molecule has 3 aromatic rings. The zero-order valence-electron chi connectivity index (χ0n) is 9.41. The zero-order valence-corrected chi connectivity index (χ0v) is 9.41. The molecule has 18 heavy (non-hydrogen) atoms. The van der Waals surface area contributed by atoms with Gasteiger partial charge in [0, 0.05) is 29.7 Å². The van der Waals surface area contributed by atoms with Crippen LogP contribution in [0.5, 0.6) is 5.75 Å². The minimum absolute atomic E-state index is 0.175. The fourth-order valence-corrected chi connectivity index (χ4v) is 1.77. The highest BCUT2D eigenvalue weighted by Gasteiger charge is 2.08. The number of nitrogens with one attached hydrogen (secondary N) is 1. The molecule has 0 atom stereocenters. The molecule has 5 nitrogen and oxygen atoms in total. The Morgan fingerprint density at radius 2 is 2.00 bits per heavy atom. The van der Waals surface area contributed by atoms with E-state index in [1.807, 2.05) is 12.1 Å². The fourth-order valence-electron chi connectivity index (χ4n) is 1.77. The molecular formula is C13H10N4O. The Morgan fingerprint density at radius 3 is 2.67 bits per heavy atom. The predicted octanol–water partition coefficient (Wildman–Crippen LogP) is 2.24. The second kappa shape index (κ2) is 4.29. The molecule has 0 saturated carbocycles. The Balaban J connectivity index is 2.05. The molecule has 0 radical (unpaired) electrons. The second-order valence-corrected chi connectivity index (χ2v) is 3.81. The van der Waals surface area contributed by atoms with Crippen molar-refractivity contribution in [2.45, 2.75) is 0 Å². The van der Waals surface area contributed by atoms with Crippen LogP contribution in [0.2, 0.25) is 0 Å². The number of phenols is 1. The number of phenolic OH excluding ortho intramolecular Hbond substituents is 1. The van der Waals surface area contributed by atoms with Gasteiger partial charge in [0.2, 0.25) is 0 Å². The zero-order chi connectivity index (χ0) is 12.4. The van der Waals surface area contributed by atoms with E-state index < -0.39 is 0 Å². The van der Waals surface area contributed by atoms with Gasteiger partial charge >= 0.3 is 0 Å². The maximum Gasteiger partial charge on any atom is 0.125 e. The van der Waals surface area contributed by atoms with Gasteiger partial charge in [-0.3, -0.25) is 15.1 Å². The summed E-state index contributed by atoms with van der Waals surface area (Å²) in [6, 6.07) is 5.42. The molecule has 0 amide bonds. The van der Waals surface area contributed by atoms with Crippen molar-refractivity contribution in [3.05, 3.63) is 49.2 Å². The van der Waals surface area contributed by atoms with Gasteiger partial charge in [-0.25, -0.2) is 0 Å². The molecule has 0 aliphatic rings. The van der Waals surface area contributed by atoms with Crippen LogP contribution in [0.3, 0.4) is 0 Å². The molecule has 0 bridgehead atoms. The normalized spacial score (nSPS) is 10.4. The summed E-state index contributed by atoms with van der Waals surface area (Å²) in [6.45, 7) is 0. The molecule has 0 saturated heterocycles. The van der Waals surface area contributed by atoms with Crippen molar-refractivity contribution in [2.75, 3.05) is 0 Å². The third kappa shape index (κ3) is 1.82. The summed E-state index contributed by atoms with van der Waals surface area (Å²) in [5.74, 6) is 0.175. The number of H-pyrrole nitrogens is 1. The quantitative estimate of drug-likeness (QED) is 0.718. The van der Waals surface area contributed by atoms with Gasteiger partial charge in [0.1, 0.15) is 5.75 Å². The average Bonchev–Trinajstić information content (AvgIpc) is 2.93. The van der Waals surface area contributed by atoms with E-state index in [0.717, 1.165) is 11.1 Å². The van der Waals surface area contributed by atoms with Crippen molar-refractivity contribution < 1.29 is 5.11 Å². The summed E-state index contributed by atoms with van der Waals surface area (Å²) >= 11 is 0. The van der Waals surface area contributed by atoms with Crippen LogP contribution in [0.1, 0.15) is 0 Å². The molecule has 2 N–H and O–H groups in total. The van der Waals surface area contributed by atoms with Crippen molar-refractivity contribution >= 4 is 0 Å². The van der Waals surface area contributed by atoms with Crippen LogP contribution in [0.25, 0.3) is 22.4 Å². The van der Waals surface area contributed by atoms with Crippen LogP contribution in [-0.4, -0.2) is 25.3 Å². The Labute approximate surface area is 103 Å². The fraction of sp³-hybridized carbons (Fsp3) is 0. The summed E-state index contributed by atoms with van der Waals surface area (Å²) in [6.07, 6.45) is 8.29. The molecule has 0 aliphatic carbocycles. The van der Waals surface area contributed by atoms with Gasteiger partial charge in [-0.2, -0.15) is 5.10 Å². The SMILES string of the molecule is Oc1cc(-c2cn[nH]c2)ccc1-c1cnccn1. The van der Waals surface area contributed by atoms with E-state index in [1.165, 1.54) is 0 Å². The molecule has 0 spiro atoms. The molecule has 1 aromatic carbocycles. The van der Waals surface area contributed by atoms with Gasteiger partial charge < -0.3 is 5.11 Å². The number of aromatic amines is 1. The van der Waals surface area contributed by atoms with Crippen LogP contribution in [0.4, 0.5) is 0 Å². The summed E-state index contributed by atoms with van der Waals surface area (Å²) in [4.78, 5) is 8.15. The lowest BCUT2D eigenvalue weighted by Gasteiger charge is -2.05. The minimum atomic E-state index is 0.175. The van der Waals surface area contributed by atoms with Crippen LogP contribution < -0.4 is 0 Å². The summed E-state index contributed by atoms with van der Waals surface area (Å²) in [7, 11) is 0. The number of benzene rings is 1. The molecule has 3 rings (SSSR count). The first kappa shape index (κ1) is 10.5. The number of nitrogens with zero attached hydrogens (tertiary/aromatic N) is 3. The highest BCUT2D eigenvalue weighted by atomic mass is 16.3. The Bertz CT molecular complexity index is 650. The minimum Gasteiger partial charge on any atom is -0.507 e. The standard InChI is InChI=1S/C13H10N4O/c18-13-5-9(10-6-16-17-7-10)1-2-11(13)12-8-14-3-4-15-12/h1-8,18H,(H,16,17). The summed E-state index contributed by atoms with van der Waals surface area (Å²) < 4.78 is 0. The monoisotopic (exact) mass is 238 g/mol. The van der Waals surface area contributed by atoms with E-state index in [4.69, 9.17) is 0 Å². The van der Waals surface area contributed by atoms with Crippen LogP contribution in [0, 0.1) is 0 Å². The van der Waals surface area contributed by atoms with E-state index in [1.54, 1.807) is 37.1 Å². The van der Waals surface area contributed by atoms with Crippen molar-refractivity contribution in [1.29, 1.82) is 0 Å². The van der Waals surface area contributed by atoms with Gasteiger partial charge in [-0.15, -0.1) is 0 Å². The van der Waals surface area contributed by atoms with Crippen LogP contribution in [0.15, 0.2) is 49.2 Å². The first-order valence-electron chi connectivity index (χ1n) is 5.43. The van der Waals surface area contributed by atoms with E-state index >= 15 is 0 Å². The summed E-state index contributed by atoms with van der Waals surface area (Å²) in [5, 5.41) is 16.7. The topological polar surface area (TPSA) is 74.7 Å². The van der Waals surface area contributed by atoms with E-state index in [0.29, 0.717) is 11.3 Å². The van der Waals surface area contributed by atoms with Crippen molar-refractivity contribution in [3.8, 4) is 28.1 Å². The van der Waals surface area contributed by atoms with Crippen LogP contribution >= 0.6 is 0 Å². The van der Waals surface area contributed by atoms with E-state index in [9.17, 15) is 5.11 Å². The number of hydrogen-bond acceptors (Lipinski definition) is 4. The molecule has 5 heteroatoms. The number of aromatic hydroxyl groups is 1. The molecule has 2 heterocycles. The highest BCUT2D eigenvalue weighted by molar-refractivity contribution is 5.73. The maximum absolute atomic E-state index is 10.0. The number of rotatable bonds is 2. The van der Waals surface area contributed by atoms with Crippen molar-refractivity contribution in [3.63, 3.8) is 0 Å². The Kier molecular flexibility index (Phi) is 2.49. The van der Waals surface area contributed by atoms with Crippen LogP contribution in [-0.2, 0) is 0 Å². The molecule has 0 aliphatic heterocycles. The molecule has 2 aromatic heterocycles. The van der Waals surface area contributed by atoms with Crippen molar-refractivity contribution in [1.82, 2.24) is 20.2 Å². The number of aromatic nitrogens is 4. The number of hydrogen-bond donors (Lipinski definition) is 2. The maximum atomic E-state index is 10.0. The summed E-state index contributed by atoms with van der Waals surface area (Å²) in [5.41, 5.74) is 3.13. The molecular weight excluding hydrogens is 228 g/mol. The van der Waals surface area contributed by atoms with E-state index in [2.05, 4.69) is 20.2 Å². The Hall–Kier alpha value is -2.69. The van der Waals surface area contributed by atoms with Gasteiger partial charge in [-0.05, 0) is 17.7 Å². The molecule has 0 fully saturated rings. The second-order valence-electron chi connectivity index (χ2n) is 3.81. The largest absolute Gasteiger partial charge is 0.507 e. The third-order valence-corrected chi connectivity index (χ3v) is 2.67. The van der Waals surface area contributed by atoms with Gasteiger partial charge in [0.15, 0.2) is 0 Å². The van der Waals surface area contributed by atoms with Gasteiger partial charge in [0.25, 0.3) is 0 Å². The molecule has 88 valence electrons. The lowest BCUT2D eigenvalue weighted by molar-refractivity contribution is 0.477. The predicted molar refractivity (Wildman–Crippen MR) is 66.7 cm³/mol. The lowest BCUT2D eigenvalue weighted by atomic mass is 10.0. The van der Waals surface area contributed by atoms with E-state index in [-0.39, 0.29) is 5.75 Å². The van der Waals surface area contributed by atoms with Gasteiger partial charge in [-0.1, -0.05) is 6.07 Å². The van der Waals surface area contributed by atoms with Gasteiger partial charge in [0.05, 0.1) is 18.1 Å².